The fourth-order valence-electron chi connectivity index (χ4n) is 7.12. The summed E-state index contributed by atoms with van der Waals surface area (Å²) in [4.78, 5) is 19.3. The molecule has 0 atom stereocenters. The summed E-state index contributed by atoms with van der Waals surface area (Å²) in [5, 5.41) is 5.48. The van der Waals surface area contributed by atoms with Crippen molar-refractivity contribution in [3.63, 3.8) is 0 Å². The Morgan fingerprint density at radius 2 is 1.00 bits per heavy atom. The van der Waals surface area contributed by atoms with Gasteiger partial charge < -0.3 is 4.42 Å². The highest BCUT2D eigenvalue weighted by Crippen LogP contribution is 2.41. The Labute approximate surface area is 293 Å². The highest BCUT2D eigenvalue weighted by molar-refractivity contribution is 6.24. The van der Waals surface area contributed by atoms with Crippen LogP contribution in [0.3, 0.4) is 0 Å². The van der Waals surface area contributed by atoms with Crippen LogP contribution in [0.5, 0.6) is 0 Å². The van der Waals surface area contributed by atoms with Gasteiger partial charge in [0.2, 0.25) is 0 Å². The van der Waals surface area contributed by atoms with Crippen LogP contribution in [0.4, 0.5) is 0 Å². The molecule has 5 heterocycles. The molecule has 0 amide bonds. The van der Waals surface area contributed by atoms with Crippen LogP contribution in [0, 0.1) is 0 Å². The molecule has 0 unspecified atom stereocenters. The molecule has 51 heavy (non-hydrogen) atoms. The van der Waals surface area contributed by atoms with Crippen LogP contribution in [0.15, 0.2) is 175 Å². The van der Waals surface area contributed by atoms with E-state index in [0.717, 1.165) is 99.9 Å². The Morgan fingerprint density at radius 1 is 0.373 bits per heavy atom. The van der Waals surface area contributed by atoms with Gasteiger partial charge in [-0.25, -0.2) is 9.97 Å². The first-order valence-corrected chi connectivity index (χ1v) is 17.0. The standard InChI is InChI=1S/C46H28N4O/c1-3-14-38-36(13-1)44-37(23-22-35-34-12-2-4-17-43(34)51-46(35)44)45(50-38)30-20-18-29(19-21-30)31-10-9-11-32(26-31)33-27-41(39-15-5-7-24-47-39)49-42(28-33)40-16-6-8-25-48-40/h1-28H. The molecule has 0 aliphatic heterocycles. The number of aromatic nitrogens is 4. The predicted molar refractivity (Wildman–Crippen MR) is 207 cm³/mol. The molecule has 0 spiro atoms. The second-order valence-corrected chi connectivity index (χ2v) is 12.7. The summed E-state index contributed by atoms with van der Waals surface area (Å²) in [6.45, 7) is 0. The molecule has 0 radical (unpaired) electrons. The fraction of sp³-hybridized carbons (Fsp3) is 0. The molecular formula is C46H28N4O. The van der Waals surface area contributed by atoms with Crippen molar-refractivity contribution in [1.82, 2.24) is 19.9 Å². The van der Waals surface area contributed by atoms with E-state index in [1.807, 2.05) is 54.6 Å². The minimum Gasteiger partial charge on any atom is -0.455 e. The number of furan rings is 1. The fourth-order valence-corrected chi connectivity index (χ4v) is 7.12. The number of benzene rings is 5. The maximum absolute atomic E-state index is 6.52. The molecule has 0 bridgehead atoms. The molecular weight excluding hydrogens is 625 g/mol. The SMILES string of the molecule is c1ccc(-c2cc(-c3cccc(-c4ccc(-c5nc6ccccc6c6c5ccc5c7ccccc7oc56)cc4)c3)cc(-c3ccccn3)n2)nc1. The Balaban J connectivity index is 1.07. The first kappa shape index (κ1) is 29.0. The molecule has 0 N–H and O–H groups in total. The van der Waals surface area contributed by atoms with Crippen LogP contribution < -0.4 is 0 Å². The first-order valence-electron chi connectivity index (χ1n) is 17.0. The number of fused-ring (bicyclic) bond motifs is 7. The van der Waals surface area contributed by atoms with Gasteiger partial charge in [-0.15, -0.1) is 0 Å². The van der Waals surface area contributed by atoms with E-state index in [0.29, 0.717) is 0 Å². The van der Waals surface area contributed by atoms with Gasteiger partial charge in [0.05, 0.1) is 34.0 Å². The minimum absolute atomic E-state index is 0.804. The smallest absolute Gasteiger partial charge is 0.144 e. The Bertz CT molecular complexity index is 2840. The maximum atomic E-state index is 6.52. The average molecular weight is 653 g/mol. The molecule has 0 aliphatic carbocycles. The summed E-state index contributed by atoms with van der Waals surface area (Å²) in [5.74, 6) is 0. The number of para-hydroxylation sites is 2. The van der Waals surface area contributed by atoms with Crippen LogP contribution in [0.2, 0.25) is 0 Å². The lowest BCUT2D eigenvalue weighted by molar-refractivity contribution is 0.673. The van der Waals surface area contributed by atoms with Gasteiger partial charge in [-0.05, 0) is 82.9 Å². The van der Waals surface area contributed by atoms with E-state index in [-0.39, 0.29) is 0 Å². The van der Waals surface area contributed by atoms with Gasteiger partial charge in [0.1, 0.15) is 11.2 Å². The van der Waals surface area contributed by atoms with Crippen LogP contribution in [0.25, 0.3) is 99.9 Å². The summed E-state index contributed by atoms with van der Waals surface area (Å²) < 4.78 is 6.52. The Hall–Kier alpha value is -6.98. The number of rotatable bonds is 5. The highest BCUT2D eigenvalue weighted by Gasteiger charge is 2.17. The van der Waals surface area contributed by atoms with E-state index in [1.54, 1.807) is 12.4 Å². The van der Waals surface area contributed by atoms with Gasteiger partial charge >= 0.3 is 0 Å². The molecule has 5 nitrogen and oxygen atoms in total. The van der Waals surface area contributed by atoms with E-state index < -0.39 is 0 Å². The van der Waals surface area contributed by atoms with Crippen LogP contribution >= 0.6 is 0 Å². The third-order valence-corrected chi connectivity index (χ3v) is 9.58. The number of hydrogen-bond donors (Lipinski definition) is 0. The summed E-state index contributed by atoms with van der Waals surface area (Å²) in [5.41, 5.74) is 12.3. The molecule has 5 heteroatoms. The van der Waals surface area contributed by atoms with Gasteiger partial charge in [0.15, 0.2) is 0 Å². The van der Waals surface area contributed by atoms with E-state index in [9.17, 15) is 0 Å². The van der Waals surface area contributed by atoms with Crippen molar-refractivity contribution in [2.24, 2.45) is 0 Å². The lowest BCUT2D eigenvalue weighted by atomic mass is 9.95. The topological polar surface area (TPSA) is 64.7 Å². The lowest BCUT2D eigenvalue weighted by Gasteiger charge is -2.12. The average Bonchev–Trinajstić information content (AvgIpc) is 3.60. The van der Waals surface area contributed by atoms with Crippen molar-refractivity contribution in [3.05, 3.63) is 170 Å². The normalized spacial score (nSPS) is 11.5. The van der Waals surface area contributed by atoms with E-state index >= 15 is 0 Å². The highest BCUT2D eigenvalue weighted by atomic mass is 16.3. The van der Waals surface area contributed by atoms with Gasteiger partial charge in [-0.1, -0.05) is 97.1 Å². The number of hydrogen-bond acceptors (Lipinski definition) is 5. The second-order valence-electron chi connectivity index (χ2n) is 12.7. The molecule has 0 saturated carbocycles. The largest absolute Gasteiger partial charge is 0.455 e. The molecule has 0 saturated heterocycles. The van der Waals surface area contributed by atoms with E-state index in [1.165, 1.54) is 0 Å². The summed E-state index contributed by atoms with van der Waals surface area (Å²) in [6, 6.07) is 54.2. The number of pyridine rings is 4. The molecule has 10 aromatic rings. The van der Waals surface area contributed by atoms with Gasteiger partial charge in [-0.2, -0.15) is 0 Å². The Morgan fingerprint density at radius 3 is 1.73 bits per heavy atom. The monoisotopic (exact) mass is 652 g/mol. The van der Waals surface area contributed by atoms with Crippen molar-refractivity contribution < 1.29 is 4.42 Å². The molecule has 0 aliphatic rings. The molecule has 0 fully saturated rings. The van der Waals surface area contributed by atoms with Gasteiger partial charge in [0.25, 0.3) is 0 Å². The van der Waals surface area contributed by atoms with Crippen LogP contribution in [-0.2, 0) is 0 Å². The van der Waals surface area contributed by atoms with Crippen molar-refractivity contribution in [2.75, 3.05) is 0 Å². The lowest BCUT2D eigenvalue weighted by Crippen LogP contribution is -1.94. The third-order valence-electron chi connectivity index (χ3n) is 9.58. The van der Waals surface area contributed by atoms with Crippen LogP contribution in [-0.4, -0.2) is 19.9 Å². The van der Waals surface area contributed by atoms with Crippen molar-refractivity contribution in [2.45, 2.75) is 0 Å². The van der Waals surface area contributed by atoms with E-state index in [2.05, 4.69) is 113 Å². The van der Waals surface area contributed by atoms with Gasteiger partial charge in [-0.3, -0.25) is 9.97 Å². The zero-order valence-electron chi connectivity index (χ0n) is 27.4. The Kier molecular flexibility index (Phi) is 6.74. The molecule has 5 aromatic heterocycles. The van der Waals surface area contributed by atoms with Crippen molar-refractivity contribution >= 4 is 43.6 Å². The van der Waals surface area contributed by atoms with E-state index in [4.69, 9.17) is 14.4 Å². The summed E-state index contributed by atoms with van der Waals surface area (Å²) in [7, 11) is 0. The number of nitrogens with zero attached hydrogens (tertiary/aromatic N) is 4. The summed E-state index contributed by atoms with van der Waals surface area (Å²) in [6.07, 6.45) is 3.59. The minimum atomic E-state index is 0.804. The third kappa shape index (κ3) is 5.03. The summed E-state index contributed by atoms with van der Waals surface area (Å²) >= 11 is 0. The zero-order chi connectivity index (χ0) is 33.7. The zero-order valence-corrected chi connectivity index (χ0v) is 27.4. The molecule has 5 aromatic carbocycles. The molecule has 10 rings (SSSR count). The predicted octanol–water partition coefficient (Wildman–Crippen LogP) is 11.8. The molecule has 238 valence electrons. The van der Waals surface area contributed by atoms with Crippen molar-refractivity contribution in [3.8, 4) is 56.3 Å². The first-order chi connectivity index (χ1) is 25.3. The van der Waals surface area contributed by atoms with Crippen molar-refractivity contribution in [1.29, 1.82) is 0 Å². The quantitative estimate of drug-likeness (QED) is 0.173. The van der Waals surface area contributed by atoms with Gasteiger partial charge in [0, 0.05) is 44.9 Å². The van der Waals surface area contributed by atoms with Crippen LogP contribution in [0.1, 0.15) is 0 Å². The maximum Gasteiger partial charge on any atom is 0.144 e. The second kappa shape index (κ2) is 11.9.